The lowest BCUT2D eigenvalue weighted by atomic mass is 10.1. The number of nitrogens with one attached hydrogen (secondary N) is 2. The second-order valence-electron chi connectivity index (χ2n) is 7.59. The van der Waals surface area contributed by atoms with Crippen molar-refractivity contribution >= 4 is 29.9 Å². The summed E-state index contributed by atoms with van der Waals surface area (Å²) in [7, 11) is 3.62. The van der Waals surface area contributed by atoms with Crippen molar-refractivity contribution in [3.8, 4) is 0 Å². The van der Waals surface area contributed by atoms with Crippen LogP contribution in [0.15, 0.2) is 4.99 Å². The maximum Gasteiger partial charge on any atom is 0.191 e. The van der Waals surface area contributed by atoms with Gasteiger partial charge in [-0.05, 0) is 32.1 Å². The van der Waals surface area contributed by atoms with E-state index >= 15 is 0 Å². The smallest absolute Gasteiger partial charge is 0.191 e. The molecule has 1 saturated carbocycles. The van der Waals surface area contributed by atoms with Crippen LogP contribution in [0.3, 0.4) is 0 Å². The zero-order valence-electron chi connectivity index (χ0n) is 17.4. The van der Waals surface area contributed by atoms with Crippen LogP contribution in [-0.4, -0.2) is 76.6 Å². The van der Waals surface area contributed by atoms with Gasteiger partial charge in [-0.15, -0.1) is 24.0 Å². The standard InChI is InChI=1S/C20H40N4O2.HI/c1-21-20(22-12-17-26-19-8-5-3-4-6-9-19)23-18-10-14-24(15-11-18)13-7-16-25-2;/h18-19H,3-17H2,1-2H3,(H2,21,22,23);1H. The summed E-state index contributed by atoms with van der Waals surface area (Å²) in [6.45, 7) is 5.91. The third-order valence-electron chi connectivity index (χ3n) is 5.53. The second kappa shape index (κ2) is 15.8. The molecule has 2 rings (SSSR count). The van der Waals surface area contributed by atoms with Crippen LogP contribution in [0.4, 0.5) is 0 Å². The molecule has 0 aromatic carbocycles. The highest BCUT2D eigenvalue weighted by Gasteiger charge is 2.19. The van der Waals surface area contributed by atoms with Crippen LogP contribution < -0.4 is 10.6 Å². The van der Waals surface area contributed by atoms with Crippen LogP contribution in [0, 0.1) is 0 Å². The lowest BCUT2D eigenvalue weighted by Gasteiger charge is -2.33. The molecule has 0 aromatic heterocycles. The largest absolute Gasteiger partial charge is 0.385 e. The zero-order chi connectivity index (χ0) is 18.5. The number of hydrogen-bond acceptors (Lipinski definition) is 4. The number of hydrogen-bond donors (Lipinski definition) is 2. The van der Waals surface area contributed by atoms with Gasteiger partial charge in [-0.3, -0.25) is 4.99 Å². The highest BCUT2D eigenvalue weighted by molar-refractivity contribution is 14.0. The van der Waals surface area contributed by atoms with E-state index in [0.717, 1.165) is 51.8 Å². The van der Waals surface area contributed by atoms with Gasteiger partial charge < -0.3 is 25.0 Å². The van der Waals surface area contributed by atoms with Crippen LogP contribution >= 0.6 is 24.0 Å². The van der Waals surface area contributed by atoms with Crippen molar-refractivity contribution in [3.63, 3.8) is 0 Å². The number of rotatable bonds is 9. The van der Waals surface area contributed by atoms with E-state index in [2.05, 4.69) is 20.5 Å². The lowest BCUT2D eigenvalue weighted by Crippen LogP contribution is -2.49. The molecular formula is C20H41IN4O2. The first kappa shape index (κ1) is 24.9. The van der Waals surface area contributed by atoms with Crippen molar-refractivity contribution < 1.29 is 9.47 Å². The van der Waals surface area contributed by atoms with E-state index in [9.17, 15) is 0 Å². The normalized spacial score (nSPS) is 20.7. The summed E-state index contributed by atoms with van der Waals surface area (Å²) in [5.74, 6) is 0.910. The summed E-state index contributed by atoms with van der Waals surface area (Å²) >= 11 is 0. The van der Waals surface area contributed by atoms with E-state index in [4.69, 9.17) is 9.47 Å². The minimum Gasteiger partial charge on any atom is -0.385 e. The van der Waals surface area contributed by atoms with Crippen molar-refractivity contribution in [2.75, 3.05) is 53.6 Å². The Kier molecular flexibility index (Phi) is 14.5. The molecule has 2 N–H and O–H groups in total. The van der Waals surface area contributed by atoms with Crippen LogP contribution in [0.5, 0.6) is 0 Å². The number of methoxy groups -OCH3 is 1. The predicted octanol–water partition coefficient (Wildman–Crippen LogP) is 3.01. The molecule has 0 spiro atoms. The van der Waals surface area contributed by atoms with Crippen LogP contribution in [-0.2, 0) is 9.47 Å². The molecule has 0 atom stereocenters. The van der Waals surface area contributed by atoms with Gasteiger partial charge in [-0.25, -0.2) is 0 Å². The van der Waals surface area contributed by atoms with Gasteiger partial charge >= 0.3 is 0 Å². The van der Waals surface area contributed by atoms with Crippen molar-refractivity contribution in [1.82, 2.24) is 15.5 Å². The molecule has 27 heavy (non-hydrogen) atoms. The first-order valence-corrected chi connectivity index (χ1v) is 10.6. The molecule has 1 saturated heterocycles. The summed E-state index contributed by atoms with van der Waals surface area (Å²) in [6, 6.07) is 0.516. The number of halogens is 1. The van der Waals surface area contributed by atoms with E-state index < -0.39 is 0 Å². The number of piperidine rings is 1. The quantitative estimate of drug-likeness (QED) is 0.169. The van der Waals surface area contributed by atoms with Gasteiger partial charge in [-0.1, -0.05) is 25.7 Å². The van der Waals surface area contributed by atoms with Gasteiger partial charge in [0.25, 0.3) is 0 Å². The molecule has 160 valence electrons. The van der Waals surface area contributed by atoms with Gasteiger partial charge in [0.15, 0.2) is 5.96 Å². The Morgan fingerprint density at radius 2 is 1.74 bits per heavy atom. The minimum absolute atomic E-state index is 0. The third-order valence-corrected chi connectivity index (χ3v) is 5.53. The van der Waals surface area contributed by atoms with Crippen molar-refractivity contribution in [2.45, 2.75) is 69.9 Å². The molecule has 1 aliphatic carbocycles. The lowest BCUT2D eigenvalue weighted by molar-refractivity contribution is 0.0467. The Morgan fingerprint density at radius 3 is 2.37 bits per heavy atom. The average molecular weight is 496 g/mol. The van der Waals surface area contributed by atoms with E-state index in [1.165, 1.54) is 51.4 Å². The maximum atomic E-state index is 6.05. The fraction of sp³-hybridized carbons (Fsp3) is 0.950. The molecule has 0 aromatic rings. The molecule has 2 fully saturated rings. The first-order chi connectivity index (χ1) is 12.8. The summed E-state index contributed by atoms with van der Waals surface area (Å²) in [5.41, 5.74) is 0. The summed E-state index contributed by atoms with van der Waals surface area (Å²) in [6.07, 6.45) is 11.8. The van der Waals surface area contributed by atoms with E-state index in [1.807, 2.05) is 7.05 Å². The minimum atomic E-state index is 0. The van der Waals surface area contributed by atoms with Gasteiger partial charge in [0.1, 0.15) is 0 Å². The first-order valence-electron chi connectivity index (χ1n) is 10.6. The molecule has 1 heterocycles. The van der Waals surface area contributed by atoms with Gasteiger partial charge in [0.05, 0.1) is 12.7 Å². The molecular weight excluding hydrogens is 455 g/mol. The number of aliphatic imine (C=N–C) groups is 1. The molecule has 7 heteroatoms. The SMILES string of the molecule is CN=C(NCCOC1CCCCCC1)NC1CCN(CCCOC)CC1.I. The molecule has 0 unspecified atom stereocenters. The molecule has 0 bridgehead atoms. The number of nitrogens with zero attached hydrogens (tertiary/aromatic N) is 2. The fourth-order valence-corrected chi connectivity index (χ4v) is 3.92. The molecule has 6 nitrogen and oxygen atoms in total. The summed E-state index contributed by atoms with van der Waals surface area (Å²) < 4.78 is 11.2. The molecule has 0 radical (unpaired) electrons. The Morgan fingerprint density at radius 1 is 1.04 bits per heavy atom. The van der Waals surface area contributed by atoms with Gasteiger partial charge in [0, 0.05) is 53.0 Å². The summed E-state index contributed by atoms with van der Waals surface area (Å²) in [5, 5.41) is 6.98. The van der Waals surface area contributed by atoms with E-state index in [1.54, 1.807) is 7.11 Å². The van der Waals surface area contributed by atoms with Crippen LogP contribution in [0.2, 0.25) is 0 Å². The van der Waals surface area contributed by atoms with Crippen molar-refractivity contribution in [1.29, 1.82) is 0 Å². The zero-order valence-corrected chi connectivity index (χ0v) is 19.7. The maximum absolute atomic E-state index is 6.05. The highest BCUT2D eigenvalue weighted by Crippen LogP contribution is 2.19. The Balaban J connectivity index is 0.00000364. The topological polar surface area (TPSA) is 58.1 Å². The molecule has 2 aliphatic rings. The van der Waals surface area contributed by atoms with E-state index in [-0.39, 0.29) is 24.0 Å². The Hall–Kier alpha value is -0.120. The Bertz CT molecular complexity index is 382. The highest BCUT2D eigenvalue weighted by atomic mass is 127. The number of likely N-dealkylation sites (tertiary alicyclic amines) is 1. The van der Waals surface area contributed by atoms with Gasteiger partial charge in [0.2, 0.25) is 0 Å². The third kappa shape index (κ3) is 10.9. The van der Waals surface area contributed by atoms with Gasteiger partial charge in [-0.2, -0.15) is 0 Å². The van der Waals surface area contributed by atoms with Crippen LogP contribution in [0.25, 0.3) is 0 Å². The number of guanidine groups is 1. The van der Waals surface area contributed by atoms with Crippen molar-refractivity contribution in [3.05, 3.63) is 0 Å². The number of ether oxygens (including phenoxy) is 2. The Labute approximate surface area is 183 Å². The van der Waals surface area contributed by atoms with Crippen molar-refractivity contribution in [2.24, 2.45) is 4.99 Å². The van der Waals surface area contributed by atoms with Crippen LogP contribution in [0.1, 0.15) is 57.8 Å². The van der Waals surface area contributed by atoms with E-state index in [0.29, 0.717) is 12.1 Å². The average Bonchev–Trinajstić information content (AvgIpc) is 2.94. The fourth-order valence-electron chi connectivity index (χ4n) is 3.92. The molecule has 1 aliphatic heterocycles. The predicted molar refractivity (Wildman–Crippen MR) is 123 cm³/mol. The second-order valence-corrected chi connectivity index (χ2v) is 7.59. The summed E-state index contributed by atoms with van der Waals surface area (Å²) in [4.78, 5) is 6.91. The monoisotopic (exact) mass is 496 g/mol. The molecule has 0 amide bonds.